The first-order chi connectivity index (χ1) is 15.1. The normalized spacial score (nSPS) is 27.9. The molecule has 0 radical (unpaired) electrons. The van der Waals surface area contributed by atoms with Crippen LogP contribution in [-0.2, 0) is 11.3 Å². The molecular formula is C25H32N4O2. The van der Waals surface area contributed by atoms with Crippen LogP contribution in [0.1, 0.15) is 38.2 Å². The number of nitrogens with one attached hydrogen (secondary N) is 1. The van der Waals surface area contributed by atoms with Gasteiger partial charge in [-0.2, -0.15) is 0 Å². The predicted molar refractivity (Wildman–Crippen MR) is 121 cm³/mol. The average molecular weight is 421 g/mol. The van der Waals surface area contributed by atoms with Crippen molar-refractivity contribution in [2.75, 3.05) is 32.8 Å². The van der Waals surface area contributed by atoms with Gasteiger partial charge in [0.25, 0.3) is 5.91 Å². The number of amides is 3. The molecule has 0 bridgehead atoms. The lowest BCUT2D eigenvalue weighted by Gasteiger charge is -2.38. The molecule has 0 aromatic heterocycles. The molecule has 164 valence electrons. The topological polar surface area (TPSA) is 55.9 Å². The van der Waals surface area contributed by atoms with Gasteiger partial charge in [-0.1, -0.05) is 62.2 Å². The first kappa shape index (κ1) is 20.5. The van der Waals surface area contributed by atoms with Crippen molar-refractivity contribution in [2.24, 2.45) is 5.92 Å². The van der Waals surface area contributed by atoms with E-state index in [1.54, 1.807) is 0 Å². The number of hydrogen-bond donors (Lipinski definition) is 1. The molecule has 3 amide bonds. The van der Waals surface area contributed by atoms with E-state index in [1.165, 1.54) is 21.2 Å². The number of carbonyl (C=O) groups is 2. The van der Waals surface area contributed by atoms with E-state index >= 15 is 0 Å². The number of benzene rings is 2. The summed E-state index contributed by atoms with van der Waals surface area (Å²) >= 11 is 0. The summed E-state index contributed by atoms with van der Waals surface area (Å²) in [6, 6.07) is 14.8. The van der Waals surface area contributed by atoms with E-state index in [0.717, 1.165) is 58.4 Å². The van der Waals surface area contributed by atoms with Gasteiger partial charge in [0.15, 0.2) is 0 Å². The molecule has 5 rings (SSSR count). The maximum absolute atomic E-state index is 13.2. The Morgan fingerprint density at radius 1 is 0.968 bits per heavy atom. The van der Waals surface area contributed by atoms with Gasteiger partial charge in [-0.15, -0.1) is 0 Å². The molecule has 2 aromatic rings. The highest BCUT2D eigenvalue weighted by atomic mass is 16.2. The van der Waals surface area contributed by atoms with Crippen LogP contribution in [0.2, 0.25) is 0 Å². The fraction of sp³-hybridized carbons (Fsp3) is 0.520. The Balaban J connectivity index is 1.19. The van der Waals surface area contributed by atoms with Crippen LogP contribution in [0, 0.1) is 5.92 Å². The number of fused-ring (bicyclic) bond motifs is 1. The number of urea groups is 1. The molecule has 1 N–H and O–H groups in total. The van der Waals surface area contributed by atoms with Crippen molar-refractivity contribution < 1.29 is 9.59 Å². The van der Waals surface area contributed by atoms with Crippen LogP contribution in [0.25, 0.3) is 10.8 Å². The van der Waals surface area contributed by atoms with Crippen LogP contribution in [-0.4, -0.2) is 65.0 Å². The minimum Gasteiger partial charge on any atom is -0.323 e. The highest BCUT2D eigenvalue weighted by molar-refractivity contribution is 6.07. The molecule has 1 spiro atoms. The fourth-order valence-electron chi connectivity index (χ4n) is 5.58. The van der Waals surface area contributed by atoms with Gasteiger partial charge in [0.05, 0.1) is 6.67 Å². The summed E-state index contributed by atoms with van der Waals surface area (Å²) < 4.78 is 0. The number of nitrogens with zero attached hydrogens (tertiary/aromatic N) is 3. The number of piperazine rings is 1. The Morgan fingerprint density at radius 3 is 2.52 bits per heavy atom. The minimum absolute atomic E-state index is 0.0112. The monoisotopic (exact) mass is 420 g/mol. The van der Waals surface area contributed by atoms with Gasteiger partial charge in [-0.25, -0.2) is 9.69 Å². The summed E-state index contributed by atoms with van der Waals surface area (Å²) in [5.41, 5.74) is 0.694. The van der Waals surface area contributed by atoms with Gasteiger partial charge in [-0.3, -0.25) is 14.6 Å². The van der Waals surface area contributed by atoms with Crippen LogP contribution < -0.4 is 5.32 Å². The van der Waals surface area contributed by atoms with Crippen molar-refractivity contribution in [3.8, 4) is 0 Å². The maximum atomic E-state index is 13.2. The summed E-state index contributed by atoms with van der Waals surface area (Å²) in [5.74, 6) is 0.197. The first-order valence-electron chi connectivity index (χ1n) is 11.6. The summed E-state index contributed by atoms with van der Waals surface area (Å²) in [4.78, 5) is 32.0. The molecule has 6 heteroatoms. The number of hydrogen-bond acceptors (Lipinski definition) is 4. The molecule has 6 nitrogen and oxygen atoms in total. The molecule has 3 aliphatic rings. The van der Waals surface area contributed by atoms with Crippen LogP contribution in [0.4, 0.5) is 4.79 Å². The van der Waals surface area contributed by atoms with Crippen molar-refractivity contribution in [1.29, 1.82) is 0 Å². The van der Waals surface area contributed by atoms with E-state index in [1.807, 2.05) is 0 Å². The molecule has 2 atom stereocenters. The quantitative estimate of drug-likeness (QED) is 0.770. The molecule has 31 heavy (non-hydrogen) atoms. The predicted octanol–water partition coefficient (Wildman–Crippen LogP) is 3.42. The number of imide groups is 1. The van der Waals surface area contributed by atoms with Crippen LogP contribution in [0.5, 0.6) is 0 Å². The van der Waals surface area contributed by atoms with Crippen LogP contribution >= 0.6 is 0 Å². The van der Waals surface area contributed by atoms with E-state index in [2.05, 4.69) is 64.5 Å². The Labute approximate surface area is 184 Å². The fourth-order valence-corrected chi connectivity index (χ4v) is 5.58. The second-order valence-corrected chi connectivity index (χ2v) is 9.46. The van der Waals surface area contributed by atoms with Crippen molar-refractivity contribution in [1.82, 2.24) is 20.0 Å². The Hall–Kier alpha value is -2.44. The summed E-state index contributed by atoms with van der Waals surface area (Å²) in [7, 11) is 0. The SMILES string of the molecule is CC1CCCCC12NC(=O)N(CN1CCN(Cc3cccc4ccccc34)CC1)C2=O. The highest BCUT2D eigenvalue weighted by Gasteiger charge is 2.55. The van der Waals surface area contributed by atoms with Gasteiger partial charge in [0, 0.05) is 32.7 Å². The van der Waals surface area contributed by atoms with Crippen molar-refractivity contribution >= 4 is 22.7 Å². The second-order valence-electron chi connectivity index (χ2n) is 9.46. The Morgan fingerprint density at radius 2 is 1.71 bits per heavy atom. The van der Waals surface area contributed by atoms with E-state index in [-0.39, 0.29) is 17.9 Å². The van der Waals surface area contributed by atoms with Gasteiger partial charge in [0.1, 0.15) is 5.54 Å². The summed E-state index contributed by atoms with van der Waals surface area (Å²) in [6.45, 7) is 7.05. The molecule has 1 saturated carbocycles. The van der Waals surface area contributed by atoms with Gasteiger partial charge < -0.3 is 5.32 Å². The Bertz CT molecular complexity index is 979. The van der Waals surface area contributed by atoms with Gasteiger partial charge in [0.2, 0.25) is 0 Å². The zero-order valence-corrected chi connectivity index (χ0v) is 18.3. The molecule has 3 fully saturated rings. The molecule has 2 saturated heterocycles. The van der Waals surface area contributed by atoms with Crippen molar-refractivity contribution in [2.45, 2.75) is 44.7 Å². The summed E-state index contributed by atoms with van der Waals surface area (Å²) in [5, 5.41) is 5.67. The second kappa shape index (κ2) is 8.24. The van der Waals surface area contributed by atoms with Crippen molar-refractivity contribution in [3.63, 3.8) is 0 Å². The van der Waals surface area contributed by atoms with Crippen molar-refractivity contribution in [3.05, 3.63) is 48.0 Å². The third-order valence-electron chi connectivity index (χ3n) is 7.58. The third kappa shape index (κ3) is 3.72. The minimum atomic E-state index is -0.661. The number of rotatable bonds is 4. The highest BCUT2D eigenvalue weighted by Crippen LogP contribution is 2.38. The molecule has 2 unspecified atom stereocenters. The smallest absolute Gasteiger partial charge is 0.323 e. The first-order valence-corrected chi connectivity index (χ1v) is 11.6. The van der Waals surface area contributed by atoms with E-state index in [9.17, 15) is 9.59 Å². The molecule has 2 heterocycles. The molecular weight excluding hydrogens is 388 g/mol. The van der Waals surface area contributed by atoms with Crippen LogP contribution in [0.3, 0.4) is 0 Å². The van der Waals surface area contributed by atoms with E-state index in [0.29, 0.717) is 6.67 Å². The van der Waals surface area contributed by atoms with Crippen LogP contribution in [0.15, 0.2) is 42.5 Å². The molecule has 2 aliphatic heterocycles. The lowest BCUT2D eigenvalue weighted by atomic mass is 9.73. The van der Waals surface area contributed by atoms with E-state index < -0.39 is 5.54 Å². The lowest BCUT2D eigenvalue weighted by Crippen LogP contribution is -2.55. The standard InChI is InChI=1S/C25H32N4O2/c1-19-7-4-5-12-25(19)23(30)29(24(31)26-25)18-28-15-13-27(14-16-28)17-21-10-6-9-20-8-2-3-11-22(20)21/h2-3,6,8-11,19H,4-5,7,12-18H2,1H3,(H,26,31). The zero-order valence-electron chi connectivity index (χ0n) is 18.3. The average Bonchev–Trinajstić information content (AvgIpc) is 3.02. The van der Waals surface area contributed by atoms with E-state index in [4.69, 9.17) is 0 Å². The zero-order chi connectivity index (χ0) is 21.4. The largest absolute Gasteiger partial charge is 0.326 e. The Kier molecular flexibility index (Phi) is 5.44. The van der Waals surface area contributed by atoms with Gasteiger partial charge >= 0.3 is 6.03 Å². The number of carbonyl (C=O) groups excluding carboxylic acids is 2. The molecule has 1 aliphatic carbocycles. The van der Waals surface area contributed by atoms with Gasteiger partial charge in [-0.05, 0) is 35.1 Å². The third-order valence-corrected chi connectivity index (χ3v) is 7.58. The lowest BCUT2D eigenvalue weighted by molar-refractivity contribution is -0.136. The maximum Gasteiger partial charge on any atom is 0.326 e. The molecule has 2 aromatic carbocycles. The summed E-state index contributed by atoms with van der Waals surface area (Å²) in [6.07, 6.45) is 3.93.